The number of hydrogen-bond acceptors (Lipinski definition) is 5. The van der Waals surface area contributed by atoms with Crippen LogP contribution in [0.25, 0.3) is 10.9 Å². The molecule has 0 bridgehead atoms. The minimum atomic E-state index is -0.666. The zero-order valence-corrected chi connectivity index (χ0v) is 19.3. The number of ether oxygens (including phenoxy) is 1. The molecular formula is C25H33N4O4+. The van der Waals surface area contributed by atoms with E-state index in [4.69, 9.17) is 9.84 Å². The number of allylic oxidation sites excluding steroid dienone is 3. The number of carbonyl (C=O) groups is 1. The van der Waals surface area contributed by atoms with Gasteiger partial charge in [-0.05, 0) is 55.4 Å². The maximum Gasteiger partial charge on any atom is 0.535 e. The molecule has 33 heavy (non-hydrogen) atoms. The topological polar surface area (TPSA) is 99.6 Å². The van der Waals surface area contributed by atoms with Crippen LogP contribution in [-0.4, -0.2) is 48.8 Å². The Morgan fingerprint density at radius 3 is 2.64 bits per heavy atom. The molecule has 1 aromatic carbocycles. The average Bonchev–Trinajstić information content (AvgIpc) is 3.51. The van der Waals surface area contributed by atoms with Crippen molar-refractivity contribution in [3.05, 3.63) is 43.1 Å². The Balaban J connectivity index is 1.64. The lowest BCUT2D eigenvalue weighted by molar-refractivity contribution is -0.697. The first-order valence-electron chi connectivity index (χ1n) is 11.7. The summed E-state index contributed by atoms with van der Waals surface area (Å²) in [4.78, 5) is 12.9. The van der Waals surface area contributed by atoms with Gasteiger partial charge in [-0.15, -0.1) is 0 Å². The first-order valence-corrected chi connectivity index (χ1v) is 11.7. The maximum absolute atomic E-state index is 12.9. The number of nitrogens with one attached hydrogen (secondary N) is 1. The second-order valence-corrected chi connectivity index (χ2v) is 9.21. The van der Waals surface area contributed by atoms with Crippen LogP contribution in [0.3, 0.4) is 0 Å². The van der Waals surface area contributed by atoms with Crippen molar-refractivity contribution in [1.82, 2.24) is 9.78 Å². The number of hydroxylamine groups is 1. The maximum atomic E-state index is 12.9. The predicted octanol–water partition coefficient (Wildman–Crippen LogP) is 4.83. The number of benzene rings is 1. The second kappa shape index (κ2) is 9.79. The van der Waals surface area contributed by atoms with E-state index in [0.29, 0.717) is 21.9 Å². The van der Waals surface area contributed by atoms with Crippen molar-refractivity contribution in [3.63, 3.8) is 0 Å². The number of aliphatic hydroxyl groups is 1. The van der Waals surface area contributed by atoms with E-state index in [1.165, 1.54) is 0 Å². The standard InChI is InChI=1S/C25H32N4O4/c1-4-5-6-23(16(2)3)29(32)25(31)26-22-13-17-15-28(18-7-9-19(30)10-8-18)27-21(17)14-24(22)33-20-11-12-20/h4-6,13-16,18-20,30H,1,7-12H2,2-3H3,(H-,26,31,32)/p+1/b6-5-,29-23-. The molecule has 0 unspecified atom stereocenters. The highest BCUT2D eigenvalue weighted by molar-refractivity contribution is 5.98. The Bertz CT molecular complexity index is 1090. The van der Waals surface area contributed by atoms with Crippen molar-refractivity contribution in [2.24, 2.45) is 5.92 Å². The number of aliphatic hydroxyl groups excluding tert-OH is 1. The molecular weight excluding hydrogens is 420 g/mol. The van der Waals surface area contributed by atoms with Crippen LogP contribution in [0.5, 0.6) is 5.75 Å². The van der Waals surface area contributed by atoms with Crippen molar-refractivity contribution in [2.75, 3.05) is 5.32 Å². The quantitative estimate of drug-likeness (QED) is 0.139. The van der Waals surface area contributed by atoms with E-state index in [9.17, 15) is 15.1 Å². The monoisotopic (exact) mass is 453 g/mol. The molecule has 8 nitrogen and oxygen atoms in total. The summed E-state index contributed by atoms with van der Waals surface area (Å²) in [6.07, 6.45) is 12.1. The van der Waals surface area contributed by atoms with Crippen LogP contribution in [0.2, 0.25) is 0 Å². The number of urea groups is 1. The summed E-state index contributed by atoms with van der Waals surface area (Å²) in [5, 5.41) is 28.8. The van der Waals surface area contributed by atoms with E-state index in [1.54, 1.807) is 18.2 Å². The van der Waals surface area contributed by atoms with Gasteiger partial charge in [0.15, 0.2) is 17.1 Å². The highest BCUT2D eigenvalue weighted by atomic mass is 16.5. The summed E-state index contributed by atoms with van der Waals surface area (Å²) in [6, 6.07) is 3.28. The molecule has 8 heteroatoms. The van der Waals surface area contributed by atoms with Crippen molar-refractivity contribution in [2.45, 2.75) is 70.6 Å². The number of anilines is 1. The molecule has 0 aliphatic heterocycles. The van der Waals surface area contributed by atoms with Crippen molar-refractivity contribution in [3.8, 4) is 5.75 Å². The van der Waals surface area contributed by atoms with Gasteiger partial charge in [-0.2, -0.15) is 15.2 Å². The van der Waals surface area contributed by atoms with Crippen LogP contribution in [0.15, 0.2) is 43.1 Å². The molecule has 4 rings (SSSR count). The Morgan fingerprint density at radius 2 is 2.00 bits per heavy atom. The molecule has 2 aliphatic rings. The van der Waals surface area contributed by atoms with Crippen molar-refractivity contribution >= 4 is 28.3 Å². The lowest BCUT2D eigenvalue weighted by atomic mass is 9.93. The zero-order valence-electron chi connectivity index (χ0n) is 19.3. The van der Waals surface area contributed by atoms with Crippen LogP contribution in [0.4, 0.5) is 10.5 Å². The Labute approximate surface area is 193 Å². The molecule has 0 saturated heterocycles. The van der Waals surface area contributed by atoms with Gasteiger partial charge >= 0.3 is 6.03 Å². The zero-order chi connectivity index (χ0) is 23.5. The lowest BCUT2D eigenvalue weighted by Crippen LogP contribution is -2.31. The highest BCUT2D eigenvalue weighted by Gasteiger charge is 2.29. The molecule has 2 saturated carbocycles. The van der Waals surface area contributed by atoms with Gasteiger partial charge < -0.3 is 15.1 Å². The molecule has 2 fully saturated rings. The van der Waals surface area contributed by atoms with Gasteiger partial charge in [-0.3, -0.25) is 4.68 Å². The van der Waals surface area contributed by atoms with Gasteiger partial charge in [0.25, 0.3) is 0 Å². The average molecular weight is 454 g/mol. The third-order valence-corrected chi connectivity index (χ3v) is 6.15. The molecule has 0 radical (unpaired) electrons. The molecule has 1 aromatic heterocycles. The summed E-state index contributed by atoms with van der Waals surface area (Å²) < 4.78 is 8.65. The number of amides is 2. The SMILES string of the molecule is C=C/C=C\C(C(C)C)=[N+](\O)C(=O)Nc1cc2cn(C3CCC(O)CC3)nc2cc1OC1CC1. The number of aromatic nitrogens is 2. The van der Waals surface area contributed by atoms with Crippen LogP contribution in [0.1, 0.15) is 58.4 Å². The van der Waals surface area contributed by atoms with Gasteiger partial charge in [-0.25, -0.2) is 0 Å². The van der Waals surface area contributed by atoms with Crippen LogP contribution in [0, 0.1) is 5.92 Å². The first-order chi connectivity index (χ1) is 15.9. The van der Waals surface area contributed by atoms with E-state index in [0.717, 1.165) is 49.4 Å². The summed E-state index contributed by atoms with van der Waals surface area (Å²) in [5.74, 6) is 0.470. The fourth-order valence-corrected chi connectivity index (χ4v) is 4.10. The summed E-state index contributed by atoms with van der Waals surface area (Å²) >= 11 is 0. The van der Waals surface area contributed by atoms with E-state index in [1.807, 2.05) is 36.9 Å². The molecule has 2 amide bonds. The summed E-state index contributed by atoms with van der Waals surface area (Å²) in [6.45, 7) is 7.43. The Kier molecular flexibility index (Phi) is 6.83. The van der Waals surface area contributed by atoms with Gasteiger partial charge in [-0.1, -0.05) is 32.6 Å². The van der Waals surface area contributed by atoms with Gasteiger partial charge in [0.05, 0.1) is 23.8 Å². The normalized spacial score (nSPS) is 21.9. The minimum Gasteiger partial charge on any atom is -0.486 e. The first kappa shape index (κ1) is 23.0. The molecule has 1 heterocycles. The van der Waals surface area contributed by atoms with Crippen LogP contribution >= 0.6 is 0 Å². The summed E-state index contributed by atoms with van der Waals surface area (Å²) in [5.41, 5.74) is 1.73. The minimum absolute atomic E-state index is 0.0751. The number of nitrogens with zero attached hydrogens (tertiary/aromatic N) is 3. The van der Waals surface area contributed by atoms with E-state index >= 15 is 0 Å². The molecule has 0 spiro atoms. The third kappa shape index (κ3) is 5.45. The number of carbonyl (C=O) groups excluding carboxylic acids is 1. The number of rotatable bonds is 7. The van der Waals surface area contributed by atoms with Gasteiger partial charge in [0, 0.05) is 23.6 Å². The Hall–Kier alpha value is -3.13. The molecule has 2 aliphatic carbocycles. The third-order valence-electron chi connectivity index (χ3n) is 6.15. The van der Waals surface area contributed by atoms with Gasteiger partial charge in [0.1, 0.15) is 0 Å². The van der Waals surface area contributed by atoms with E-state index < -0.39 is 6.03 Å². The summed E-state index contributed by atoms with van der Waals surface area (Å²) in [7, 11) is 0. The van der Waals surface area contributed by atoms with Crippen molar-refractivity contribution < 1.29 is 24.6 Å². The largest absolute Gasteiger partial charge is 0.535 e. The predicted molar refractivity (Wildman–Crippen MR) is 127 cm³/mol. The van der Waals surface area contributed by atoms with Crippen LogP contribution in [-0.2, 0) is 0 Å². The molecule has 3 N–H and O–H groups in total. The highest BCUT2D eigenvalue weighted by Crippen LogP contribution is 2.36. The molecule has 176 valence electrons. The van der Waals surface area contributed by atoms with Gasteiger partial charge in [0.2, 0.25) is 0 Å². The van der Waals surface area contributed by atoms with E-state index in [2.05, 4.69) is 11.9 Å². The number of fused-ring (bicyclic) bond motifs is 1. The number of hydrogen-bond donors (Lipinski definition) is 3. The van der Waals surface area contributed by atoms with E-state index in [-0.39, 0.29) is 24.2 Å². The van der Waals surface area contributed by atoms with Crippen LogP contribution < -0.4 is 10.1 Å². The second-order valence-electron chi connectivity index (χ2n) is 9.21. The Morgan fingerprint density at radius 1 is 1.27 bits per heavy atom. The lowest BCUT2D eigenvalue weighted by Gasteiger charge is -2.25. The molecule has 0 atom stereocenters. The van der Waals surface area contributed by atoms with Crippen molar-refractivity contribution in [1.29, 1.82) is 0 Å². The fraction of sp³-hybridized carbons (Fsp3) is 0.480. The molecule has 2 aromatic rings. The smallest absolute Gasteiger partial charge is 0.486 e. The fourth-order valence-electron chi connectivity index (χ4n) is 4.10.